The van der Waals surface area contributed by atoms with Crippen LogP contribution in [0.4, 0.5) is 4.39 Å². The fourth-order valence-corrected chi connectivity index (χ4v) is 4.77. The van der Waals surface area contributed by atoms with Gasteiger partial charge in [-0.1, -0.05) is 83.3 Å². The second kappa shape index (κ2) is 11.5. The molecule has 0 saturated heterocycles. The first-order valence-corrected chi connectivity index (χ1v) is 11.9. The molecule has 1 aliphatic rings. The maximum absolute atomic E-state index is 14.6. The number of benzene rings is 1. The molecule has 158 valence electrons. The molecular formula is C27H38FN. The third-order valence-electron chi connectivity index (χ3n) is 6.74. The van der Waals surface area contributed by atoms with Crippen LogP contribution in [-0.2, 0) is 6.42 Å². The first kappa shape index (κ1) is 22.0. The average Bonchev–Trinajstić information content (AvgIpc) is 2.74. The van der Waals surface area contributed by atoms with Crippen LogP contribution in [0, 0.1) is 24.6 Å². The second-order valence-electron chi connectivity index (χ2n) is 9.16. The van der Waals surface area contributed by atoms with Gasteiger partial charge in [-0.3, -0.25) is 4.98 Å². The minimum absolute atomic E-state index is 0.148. The lowest BCUT2D eigenvalue weighted by Crippen LogP contribution is -2.15. The third kappa shape index (κ3) is 6.94. The van der Waals surface area contributed by atoms with Crippen molar-refractivity contribution in [1.82, 2.24) is 4.98 Å². The van der Waals surface area contributed by atoms with Gasteiger partial charge >= 0.3 is 0 Å². The van der Waals surface area contributed by atoms with Gasteiger partial charge in [-0.2, -0.15) is 0 Å². The van der Waals surface area contributed by atoms with Crippen molar-refractivity contribution in [2.75, 3.05) is 0 Å². The van der Waals surface area contributed by atoms with E-state index in [-0.39, 0.29) is 5.82 Å². The average molecular weight is 396 g/mol. The molecule has 0 aliphatic heterocycles. The summed E-state index contributed by atoms with van der Waals surface area (Å²) in [6.45, 7) is 4.28. The Bertz CT molecular complexity index is 729. The van der Waals surface area contributed by atoms with Crippen LogP contribution in [0.5, 0.6) is 0 Å². The molecule has 1 nitrogen and oxygen atoms in total. The minimum atomic E-state index is -0.148. The smallest absolute Gasteiger partial charge is 0.132 e. The molecule has 0 unspecified atom stereocenters. The van der Waals surface area contributed by atoms with Crippen molar-refractivity contribution in [3.05, 3.63) is 53.5 Å². The zero-order valence-corrected chi connectivity index (χ0v) is 18.4. The highest BCUT2D eigenvalue weighted by Crippen LogP contribution is 2.34. The number of pyridine rings is 1. The summed E-state index contributed by atoms with van der Waals surface area (Å²) in [5.74, 6) is 1.64. The Morgan fingerprint density at radius 3 is 2.28 bits per heavy atom. The number of nitrogens with zero attached hydrogens (tertiary/aromatic N) is 1. The topological polar surface area (TPSA) is 12.9 Å². The monoisotopic (exact) mass is 395 g/mol. The Kier molecular flexibility index (Phi) is 8.70. The Morgan fingerprint density at radius 1 is 0.897 bits per heavy atom. The van der Waals surface area contributed by atoms with Crippen LogP contribution < -0.4 is 0 Å². The quantitative estimate of drug-likeness (QED) is 0.369. The molecule has 1 aromatic heterocycles. The van der Waals surface area contributed by atoms with Gasteiger partial charge in [-0.25, -0.2) is 4.39 Å². The number of unbranched alkanes of at least 4 members (excludes halogenated alkanes) is 4. The van der Waals surface area contributed by atoms with Crippen molar-refractivity contribution >= 4 is 0 Å². The minimum Gasteiger partial charge on any atom is -0.256 e. The molecule has 2 heteroatoms. The summed E-state index contributed by atoms with van der Waals surface area (Å²) in [6.07, 6.45) is 18.0. The molecule has 0 atom stereocenters. The van der Waals surface area contributed by atoms with Gasteiger partial charge in [0.15, 0.2) is 0 Å². The van der Waals surface area contributed by atoms with Crippen molar-refractivity contribution in [3.8, 4) is 11.3 Å². The van der Waals surface area contributed by atoms with Crippen molar-refractivity contribution in [2.24, 2.45) is 11.8 Å². The van der Waals surface area contributed by atoms with Gasteiger partial charge in [-0.05, 0) is 60.9 Å². The van der Waals surface area contributed by atoms with Crippen LogP contribution in [0.25, 0.3) is 11.3 Å². The summed E-state index contributed by atoms with van der Waals surface area (Å²) in [6, 6.07) is 9.59. The van der Waals surface area contributed by atoms with Gasteiger partial charge < -0.3 is 0 Å². The number of aryl methyl sites for hydroxylation is 2. The Hall–Kier alpha value is -1.70. The molecule has 2 aromatic rings. The maximum Gasteiger partial charge on any atom is 0.132 e. The number of hydrogen-bond acceptors (Lipinski definition) is 1. The number of hydrogen-bond donors (Lipinski definition) is 0. The summed E-state index contributed by atoms with van der Waals surface area (Å²) >= 11 is 0. The van der Waals surface area contributed by atoms with E-state index in [0.717, 1.165) is 29.4 Å². The number of rotatable bonds is 10. The van der Waals surface area contributed by atoms with E-state index in [1.165, 1.54) is 70.6 Å². The molecule has 0 spiro atoms. The molecule has 1 heterocycles. The van der Waals surface area contributed by atoms with E-state index < -0.39 is 0 Å². The van der Waals surface area contributed by atoms with Crippen LogP contribution in [-0.4, -0.2) is 4.98 Å². The highest BCUT2D eigenvalue weighted by atomic mass is 19.1. The van der Waals surface area contributed by atoms with Crippen molar-refractivity contribution in [3.63, 3.8) is 0 Å². The summed E-state index contributed by atoms with van der Waals surface area (Å²) in [5.41, 5.74) is 3.54. The lowest BCUT2D eigenvalue weighted by atomic mass is 9.77. The zero-order valence-electron chi connectivity index (χ0n) is 18.4. The van der Waals surface area contributed by atoms with Gasteiger partial charge in [0.1, 0.15) is 5.82 Å². The molecule has 0 radical (unpaired) electrons. The predicted octanol–water partition coefficient (Wildman–Crippen LogP) is 8.30. The summed E-state index contributed by atoms with van der Waals surface area (Å²) in [4.78, 5) is 4.36. The van der Waals surface area contributed by atoms with Gasteiger partial charge in [0.25, 0.3) is 0 Å². The largest absolute Gasteiger partial charge is 0.256 e. The Morgan fingerprint density at radius 2 is 1.62 bits per heavy atom. The van der Waals surface area contributed by atoms with Gasteiger partial charge in [0.05, 0.1) is 5.69 Å². The summed E-state index contributed by atoms with van der Waals surface area (Å²) in [7, 11) is 0. The first-order valence-electron chi connectivity index (χ1n) is 11.9. The molecule has 29 heavy (non-hydrogen) atoms. The normalized spacial score (nSPS) is 19.4. The highest BCUT2D eigenvalue weighted by Gasteiger charge is 2.20. The maximum atomic E-state index is 14.6. The van der Waals surface area contributed by atoms with E-state index in [2.05, 4.69) is 18.0 Å². The molecule has 0 bridgehead atoms. The lowest BCUT2D eigenvalue weighted by Gasteiger charge is -2.28. The Balaban J connectivity index is 1.40. The molecule has 1 saturated carbocycles. The standard InChI is InChI=1S/C27H38FN/c1-3-4-5-6-7-8-22-10-12-23(13-11-22)14-15-24-16-17-25(26(28)19-24)27-18-9-21(2)20-29-27/h9,16-20,22-23H,3-8,10-15H2,1-2H3. The van der Waals surface area contributed by atoms with E-state index in [9.17, 15) is 4.39 Å². The number of aromatic nitrogens is 1. The van der Waals surface area contributed by atoms with Crippen molar-refractivity contribution in [2.45, 2.75) is 90.9 Å². The third-order valence-corrected chi connectivity index (χ3v) is 6.74. The predicted molar refractivity (Wildman–Crippen MR) is 122 cm³/mol. The number of halogens is 1. The van der Waals surface area contributed by atoms with Crippen molar-refractivity contribution < 1.29 is 4.39 Å². The van der Waals surface area contributed by atoms with Crippen LogP contribution in [0.1, 0.15) is 88.7 Å². The van der Waals surface area contributed by atoms with Gasteiger partial charge in [0.2, 0.25) is 0 Å². The van der Waals surface area contributed by atoms with Crippen LogP contribution in [0.3, 0.4) is 0 Å². The van der Waals surface area contributed by atoms with E-state index in [0.29, 0.717) is 11.3 Å². The van der Waals surface area contributed by atoms with Crippen molar-refractivity contribution in [1.29, 1.82) is 0 Å². The molecular weight excluding hydrogens is 357 g/mol. The van der Waals surface area contributed by atoms with E-state index in [4.69, 9.17) is 0 Å². The van der Waals surface area contributed by atoms with E-state index in [1.807, 2.05) is 25.1 Å². The lowest BCUT2D eigenvalue weighted by molar-refractivity contribution is 0.248. The second-order valence-corrected chi connectivity index (χ2v) is 9.16. The molecule has 1 aromatic carbocycles. The van der Waals surface area contributed by atoms with E-state index in [1.54, 1.807) is 12.3 Å². The van der Waals surface area contributed by atoms with Gasteiger partial charge in [-0.15, -0.1) is 0 Å². The zero-order chi connectivity index (χ0) is 20.5. The van der Waals surface area contributed by atoms with Gasteiger partial charge in [0, 0.05) is 11.8 Å². The first-order chi connectivity index (χ1) is 14.2. The molecule has 1 aliphatic carbocycles. The SMILES string of the molecule is CCCCCCCC1CCC(CCc2ccc(-c3ccc(C)cn3)c(F)c2)CC1. The van der Waals surface area contributed by atoms with Crippen LogP contribution >= 0.6 is 0 Å². The fraction of sp³-hybridized carbons (Fsp3) is 0.593. The highest BCUT2D eigenvalue weighted by molar-refractivity contribution is 5.60. The molecule has 0 N–H and O–H groups in total. The summed E-state index contributed by atoms with van der Waals surface area (Å²) in [5, 5.41) is 0. The Labute approximate surface area is 177 Å². The van der Waals surface area contributed by atoms with E-state index >= 15 is 0 Å². The summed E-state index contributed by atoms with van der Waals surface area (Å²) < 4.78 is 14.6. The van der Waals surface area contributed by atoms with Crippen LogP contribution in [0.15, 0.2) is 36.5 Å². The van der Waals surface area contributed by atoms with Crippen LogP contribution in [0.2, 0.25) is 0 Å². The molecule has 1 fully saturated rings. The molecule has 0 amide bonds. The molecule has 3 rings (SSSR count). The fourth-order valence-electron chi connectivity index (χ4n) is 4.77.